The molecule has 200 valence electrons. The number of ether oxygens (including phenoxy) is 2. The summed E-state index contributed by atoms with van der Waals surface area (Å²) >= 11 is 0. The fraction of sp³-hybridized carbons (Fsp3) is 0.267. The number of aryl methyl sites for hydroxylation is 2. The average Bonchev–Trinajstić information content (AvgIpc) is 3.55. The van der Waals surface area contributed by atoms with E-state index in [9.17, 15) is 4.79 Å². The summed E-state index contributed by atoms with van der Waals surface area (Å²) in [6.45, 7) is 10.3. The molecule has 9 nitrogen and oxygen atoms in total. The molecule has 0 aliphatic heterocycles. The van der Waals surface area contributed by atoms with E-state index in [0.717, 1.165) is 40.0 Å². The van der Waals surface area contributed by atoms with Gasteiger partial charge in [-0.1, -0.05) is 24.3 Å². The number of benzene rings is 2. The van der Waals surface area contributed by atoms with Crippen molar-refractivity contribution in [1.82, 2.24) is 24.5 Å². The summed E-state index contributed by atoms with van der Waals surface area (Å²) in [4.78, 5) is 18.3. The Bertz CT molecular complexity index is 1620. The Morgan fingerprint density at radius 2 is 1.74 bits per heavy atom. The van der Waals surface area contributed by atoms with Gasteiger partial charge in [0.25, 0.3) is 5.91 Å². The number of fused-ring (bicyclic) bond motifs is 1. The van der Waals surface area contributed by atoms with Gasteiger partial charge in [-0.15, -0.1) is 0 Å². The van der Waals surface area contributed by atoms with E-state index in [0.29, 0.717) is 42.5 Å². The predicted molar refractivity (Wildman–Crippen MR) is 151 cm³/mol. The van der Waals surface area contributed by atoms with Gasteiger partial charge < -0.3 is 14.8 Å². The zero-order valence-electron chi connectivity index (χ0n) is 22.6. The maximum absolute atomic E-state index is 13.5. The first-order chi connectivity index (χ1) is 19.0. The van der Waals surface area contributed by atoms with Crippen LogP contribution in [0, 0.1) is 6.92 Å². The molecule has 0 saturated heterocycles. The third-order valence-electron chi connectivity index (χ3n) is 6.35. The molecule has 0 aliphatic carbocycles. The molecular formula is C30H32N6O3. The minimum absolute atomic E-state index is 0.227. The molecule has 0 saturated carbocycles. The van der Waals surface area contributed by atoms with Gasteiger partial charge in [0.15, 0.2) is 11.5 Å². The molecule has 0 spiro atoms. The van der Waals surface area contributed by atoms with Crippen LogP contribution in [0.25, 0.3) is 22.2 Å². The number of carbonyl (C=O) groups excluding carboxylic acids is 1. The molecule has 9 heteroatoms. The number of para-hydroxylation sites is 1. The zero-order chi connectivity index (χ0) is 27.4. The number of nitrogens with zero attached hydrogens (tertiary/aromatic N) is 5. The highest BCUT2D eigenvalue weighted by atomic mass is 16.5. The molecule has 3 aromatic heterocycles. The van der Waals surface area contributed by atoms with Crippen molar-refractivity contribution in [1.29, 1.82) is 0 Å². The lowest BCUT2D eigenvalue weighted by molar-refractivity contribution is 0.102. The van der Waals surface area contributed by atoms with Crippen LogP contribution in [0.1, 0.15) is 42.4 Å². The summed E-state index contributed by atoms with van der Waals surface area (Å²) in [6.07, 6.45) is 5.43. The van der Waals surface area contributed by atoms with Crippen molar-refractivity contribution >= 4 is 22.5 Å². The second-order valence-electron chi connectivity index (χ2n) is 9.08. The van der Waals surface area contributed by atoms with E-state index in [1.807, 2.05) is 93.3 Å². The molecule has 0 unspecified atom stereocenters. The van der Waals surface area contributed by atoms with Crippen molar-refractivity contribution in [3.05, 3.63) is 83.9 Å². The quantitative estimate of drug-likeness (QED) is 0.251. The second kappa shape index (κ2) is 11.4. The molecule has 0 atom stereocenters. The standard InChI is InChI=1S/C30H32N6O3/c1-5-35-19-25(20(4)34-35)27-15-24(23-10-8-9-11-26(23)33-27)30(37)32-22-16-31-36(18-22)17-21-12-13-28(38-6-2)29(14-21)39-7-3/h8-16,18-19H,5-7,17H2,1-4H3,(H,32,37). The van der Waals surface area contributed by atoms with Gasteiger partial charge in [-0.25, -0.2) is 4.98 Å². The van der Waals surface area contributed by atoms with E-state index in [4.69, 9.17) is 14.5 Å². The van der Waals surface area contributed by atoms with Gasteiger partial charge in [-0.2, -0.15) is 10.2 Å². The lowest BCUT2D eigenvalue weighted by atomic mass is 10.0. The number of amides is 1. The van der Waals surface area contributed by atoms with E-state index in [1.165, 1.54) is 0 Å². The molecule has 0 fully saturated rings. The monoisotopic (exact) mass is 524 g/mol. The predicted octanol–water partition coefficient (Wildman–Crippen LogP) is 5.72. The van der Waals surface area contributed by atoms with E-state index < -0.39 is 0 Å². The van der Waals surface area contributed by atoms with Crippen LogP contribution in [0.5, 0.6) is 11.5 Å². The summed E-state index contributed by atoms with van der Waals surface area (Å²) in [5.74, 6) is 1.20. The maximum atomic E-state index is 13.5. The number of nitrogens with one attached hydrogen (secondary N) is 1. The van der Waals surface area contributed by atoms with Crippen LogP contribution >= 0.6 is 0 Å². The van der Waals surface area contributed by atoms with Crippen LogP contribution in [-0.2, 0) is 13.1 Å². The van der Waals surface area contributed by atoms with Crippen LogP contribution in [0.15, 0.2) is 67.1 Å². The molecule has 0 bridgehead atoms. The van der Waals surface area contributed by atoms with Gasteiger partial charge in [-0.3, -0.25) is 14.2 Å². The molecule has 5 rings (SSSR count). The number of pyridine rings is 1. The molecule has 0 radical (unpaired) electrons. The van der Waals surface area contributed by atoms with Gasteiger partial charge in [0.05, 0.1) is 54.1 Å². The van der Waals surface area contributed by atoms with E-state index >= 15 is 0 Å². The zero-order valence-corrected chi connectivity index (χ0v) is 22.6. The van der Waals surface area contributed by atoms with Crippen LogP contribution in [0.3, 0.4) is 0 Å². The van der Waals surface area contributed by atoms with Crippen molar-refractivity contribution in [2.45, 2.75) is 40.8 Å². The second-order valence-corrected chi connectivity index (χ2v) is 9.08. The SMILES string of the molecule is CCOc1ccc(Cn2cc(NC(=O)c3cc(-c4cn(CC)nc4C)nc4ccccc34)cn2)cc1OCC. The molecule has 5 aromatic rings. The Balaban J connectivity index is 1.39. The van der Waals surface area contributed by atoms with E-state index in [-0.39, 0.29) is 5.91 Å². The van der Waals surface area contributed by atoms with Gasteiger partial charge in [-0.05, 0) is 57.5 Å². The summed E-state index contributed by atoms with van der Waals surface area (Å²) in [7, 11) is 0. The largest absolute Gasteiger partial charge is 0.490 e. The first-order valence-electron chi connectivity index (χ1n) is 13.2. The number of carbonyl (C=O) groups is 1. The van der Waals surface area contributed by atoms with Crippen molar-refractivity contribution in [2.24, 2.45) is 0 Å². The molecule has 1 amide bonds. The van der Waals surface area contributed by atoms with Crippen LogP contribution in [0.2, 0.25) is 0 Å². The summed E-state index contributed by atoms with van der Waals surface area (Å²) in [6, 6.07) is 15.4. The lowest BCUT2D eigenvalue weighted by Crippen LogP contribution is -2.13. The van der Waals surface area contributed by atoms with Crippen molar-refractivity contribution < 1.29 is 14.3 Å². The van der Waals surface area contributed by atoms with Crippen LogP contribution in [0.4, 0.5) is 5.69 Å². The normalized spacial score (nSPS) is 11.1. The van der Waals surface area contributed by atoms with Gasteiger partial charge in [0.1, 0.15) is 0 Å². The minimum Gasteiger partial charge on any atom is -0.490 e. The molecular weight excluding hydrogens is 492 g/mol. The number of hydrogen-bond donors (Lipinski definition) is 1. The number of hydrogen-bond acceptors (Lipinski definition) is 6. The Morgan fingerprint density at radius 1 is 0.949 bits per heavy atom. The third kappa shape index (κ3) is 5.62. The average molecular weight is 525 g/mol. The van der Waals surface area contributed by atoms with Crippen LogP contribution in [-0.4, -0.2) is 43.7 Å². The van der Waals surface area contributed by atoms with Crippen molar-refractivity contribution in [3.63, 3.8) is 0 Å². The highest BCUT2D eigenvalue weighted by molar-refractivity contribution is 6.13. The molecule has 1 N–H and O–H groups in total. The molecule has 39 heavy (non-hydrogen) atoms. The minimum atomic E-state index is -0.227. The van der Waals surface area contributed by atoms with E-state index in [2.05, 4.69) is 15.5 Å². The van der Waals surface area contributed by atoms with Crippen molar-refractivity contribution in [3.8, 4) is 22.8 Å². The van der Waals surface area contributed by atoms with Gasteiger partial charge >= 0.3 is 0 Å². The number of anilines is 1. The number of rotatable bonds is 10. The molecule has 2 aromatic carbocycles. The molecule has 3 heterocycles. The van der Waals surface area contributed by atoms with Crippen molar-refractivity contribution in [2.75, 3.05) is 18.5 Å². The highest BCUT2D eigenvalue weighted by Gasteiger charge is 2.17. The Morgan fingerprint density at radius 3 is 2.51 bits per heavy atom. The first kappa shape index (κ1) is 26.0. The molecule has 0 aliphatic rings. The van der Waals surface area contributed by atoms with Crippen LogP contribution < -0.4 is 14.8 Å². The summed E-state index contributed by atoms with van der Waals surface area (Å²) in [5, 5.41) is 12.8. The maximum Gasteiger partial charge on any atom is 0.256 e. The van der Waals surface area contributed by atoms with E-state index in [1.54, 1.807) is 10.9 Å². The smallest absolute Gasteiger partial charge is 0.256 e. The Labute approximate surface area is 227 Å². The summed E-state index contributed by atoms with van der Waals surface area (Å²) in [5.41, 5.74) is 5.40. The third-order valence-corrected chi connectivity index (χ3v) is 6.35. The van der Waals surface area contributed by atoms with Gasteiger partial charge in [0, 0.05) is 29.9 Å². The topological polar surface area (TPSA) is 96.1 Å². The Hall–Kier alpha value is -4.66. The first-order valence-corrected chi connectivity index (χ1v) is 13.2. The Kier molecular flexibility index (Phi) is 7.58. The van der Waals surface area contributed by atoms with Gasteiger partial charge in [0.2, 0.25) is 0 Å². The summed E-state index contributed by atoms with van der Waals surface area (Å²) < 4.78 is 15.1. The fourth-order valence-corrected chi connectivity index (χ4v) is 4.53. The lowest BCUT2D eigenvalue weighted by Gasteiger charge is -2.12. The fourth-order valence-electron chi connectivity index (χ4n) is 4.53. The number of aromatic nitrogens is 5. The highest BCUT2D eigenvalue weighted by Crippen LogP contribution is 2.30.